The number of rotatable bonds is 9. The zero-order valence-corrected chi connectivity index (χ0v) is 12.4. The summed E-state index contributed by atoms with van der Waals surface area (Å²) in [5.74, 6) is -1.16. The molecule has 0 saturated heterocycles. The lowest BCUT2D eigenvalue weighted by molar-refractivity contribution is -0.137. The van der Waals surface area contributed by atoms with Crippen molar-refractivity contribution < 1.29 is 19.5 Å². The minimum Gasteiger partial charge on any atom is -0.481 e. The highest BCUT2D eigenvalue weighted by molar-refractivity contribution is 5.89. The van der Waals surface area contributed by atoms with Crippen LogP contribution in [-0.4, -0.2) is 35.1 Å². The van der Waals surface area contributed by atoms with E-state index in [1.165, 1.54) is 13.8 Å². The van der Waals surface area contributed by atoms with E-state index in [1.807, 2.05) is 6.92 Å². The monoisotopic (exact) mass is 287 g/mol. The molecule has 0 spiro atoms. The minimum absolute atomic E-state index is 0.138. The van der Waals surface area contributed by atoms with Crippen LogP contribution in [0.3, 0.4) is 0 Å². The van der Waals surface area contributed by atoms with E-state index < -0.39 is 23.4 Å². The highest BCUT2D eigenvalue weighted by atomic mass is 16.4. The Labute approximate surface area is 119 Å². The smallest absolute Gasteiger partial charge is 0.315 e. The van der Waals surface area contributed by atoms with Crippen LogP contribution in [0.15, 0.2) is 0 Å². The van der Waals surface area contributed by atoms with Crippen LogP contribution in [0, 0.1) is 5.92 Å². The van der Waals surface area contributed by atoms with E-state index in [0.717, 1.165) is 6.42 Å². The number of urea groups is 1. The average Bonchev–Trinajstić information content (AvgIpc) is 2.32. The number of carboxylic acids is 1. The quantitative estimate of drug-likeness (QED) is 0.501. The Morgan fingerprint density at radius 3 is 2.30 bits per heavy atom. The van der Waals surface area contributed by atoms with Gasteiger partial charge in [0, 0.05) is 13.0 Å². The maximum absolute atomic E-state index is 11.6. The molecular formula is C13H25N3O4. The third-order valence-corrected chi connectivity index (χ3v) is 3.22. The second-order valence-electron chi connectivity index (χ2n) is 5.37. The van der Waals surface area contributed by atoms with Crippen molar-refractivity contribution in [3.63, 3.8) is 0 Å². The Hall–Kier alpha value is -1.79. The number of amides is 3. The fraction of sp³-hybridized carbons (Fsp3) is 0.769. The Kier molecular flexibility index (Phi) is 7.64. The first kappa shape index (κ1) is 18.2. The van der Waals surface area contributed by atoms with Gasteiger partial charge in [-0.05, 0) is 32.6 Å². The van der Waals surface area contributed by atoms with E-state index in [2.05, 4.69) is 10.6 Å². The second kappa shape index (κ2) is 8.39. The molecule has 0 radical (unpaired) electrons. The molecule has 5 N–H and O–H groups in total. The van der Waals surface area contributed by atoms with E-state index in [-0.39, 0.29) is 12.3 Å². The summed E-state index contributed by atoms with van der Waals surface area (Å²) in [7, 11) is 0. The van der Waals surface area contributed by atoms with Crippen molar-refractivity contribution >= 4 is 17.9 Å². The molecule has 0 aromatic heterocycles. The standard InChI is InChI=1S/C13H25N3O4/c1-4-9(5-6-10(17)18)7-8-15-12(20)16-13(2,3)11(14)19/h9H,4-8H2,1-3H3,(H2,14,19)(H,17,18)(H2,15,16,20). The number of hydrogen-bond donors (Lipinski definition) is 4. The molecule has 1 atom stereocenters. The Bertz CT molecular complexity index is 356. The predicted molar refractivity (Wildman–Crippen MR) is 75.1 cm³/mol. The van der Waals surface area contributed by atoms with Gasteiger partial charge in [0.25, 0.3) is 0 Å². The molecule has 0 aliphatic heterocycles. The number of nitrogens with two attached hydrogens (primary N) is 1. The molecule has 0 fully saturated rings. The summed E-state index contributed by atoms with van der Waals surface area (Å²) < 4.78 is 0. The molecule has 0 bridgehead atoms. The van der Waals surface area contributed by atoms with Gasteiger partial charge in [-0.25, -0.2) is 4.79 Å². The molecule has 0 aromatic rings. The number of aliphatic carboxylic acids is 1. The van der Waals surface area contributed by atoms with Crippen LogP contribution in [0.4, 0.5) is 4.79 Å². The molecule has 0 aliphatic carbocycles. The fourth-order valence-corrected chi connectivity index (χ4v) is 1.66. The number of carbonyl (C=O) groups excluding carboxylic acids is 2. The first-order valence-corrected chi connectivity index (χ1v) is 6.76. The molecular weight excluding hydrogens is 262 g/mol. The van der Waals surface area contributed by atoms with Gasteiger partial charge in [-0.1, -0.05) is 13.3 Å². The topological polar surface area (TPSA) is 122 Å². The zero-order valence-electron chi connectivity index (χ0n) is 12.4. The molecule has 1 unspecified atom stereocenters. The van der Waals surface area contributed by atoms with E-state index in [9.17, 15) is 14.4 Å². The van der Waals surface area contributed by atoms with Gasteiger partial charge in [-0.3, -0.25) is 9.59 Å². The van der Waals surface area contributed by atoms with Crippen molar-refractivity contribution in [3.05, 3.63) is 0 Å². The summed E-state index contributed by atoms with van der Waals surface area (Å²) >= 11 is 0. The maximum atomic E-state index is 11.6. The first-order valence-electron chi connectivity index (χ1n) is 6.76. The Morgan fingerprint density at radius 2 is 1.85 bits per heavy atom. The van der Waals surface area contributed by atoms with Crippen molar-refractivity contribution in [1.29, 1.82) is 0 Å². The number of carbonyl (C=O) groups is 3. The summed E-state index contributed by atoms with van der Waals surface area (Å²) in [6.45, 7) is 5.47. The summed E-state index contributed by atoms with van der Waals surface area (Å²) in [6, 6.07) is -0.457. The maximum Gasteiger partial charge on any atom is 0.315 e. The summed E-state index contributed by atoms with van der Waals surface area (Å²) in [6.07, 6.45) is 2.30. The van der Waals surface area contributed by atoms with E-state index in [1.54, 1.807) is 0 Å². The second-order valence-corrected chi connectivity index (χ2v) is 5.37. The zero-order chi connectivity index (χ0) is 15.8. The van der Waals surface area contributed by atoms with Gasteiger partial charge < -0.3 is 21.5 Å². The summed E-state index contributed by atoms with van der Waals surface area (Å²) in [4.78, 5) is 33.1. The van der Waals surface area contributed by atoms with Gasteiger partial charge in [0.1, 0.15) is 5.54 Å². The van der Waals surface area contributed by atoms with E-state index in [0.29, 0.717) is 19.4 Å². The fourth-order valence-electron chi connectivity index (χ4n) is 1.66. The molecule has 20 heavy (non-hydrogen) atoms. The SMILES string of the molecule is CCC(CCNC(=O)NC(C)(C)C(N)=O)CCC(=O)O. The normalized spacial score (nSPS) is 12.6. The summed E-state index contributed by atoms with van der Waals surface area (Å²) in [5.41, 5.74) is 4.05. The van der Waals surface area contributed by atoms with Gasteiger partial charge in [-0.15, -0.1) is 0 Å². The van der Waals surface area contributed by atoms with E-state index >= 15 is 0 Å². The molecule has 0 rings (SSSR count). The van der Waals surface area contributed by atoms with Crippen molar-refractivity contribution in [3.8, 4) is 0 Å². The molecule has 7 heteroatoms. The van der Waals surface area contributed by atoms with Gasteiger partial charge in [0.05, 0.1) is 0 Å². The lowest BCUT2D eigenvalue weighted by Gasteiger charge is -2.22. The molecule has 116 valence electrons. The van der Waals surface area contributed by atoms with Crippen LogP contribution in [0.5, 0.6) is 0 Å². The highest BCUT2D eigenvalue weighted by Crippen LogP contribution is 2.14. The van der Waals surface area contributed by atoms with Crippen molar-refractivity contribution in [2.24, 2.45) is 11.7 Å². The molecule has 7 nitrogen and oxygen atoms in total. The minimum atomic E-state index is -1.10. The molecule has 0 aliphatic rings. The summed E-state index contributed by atoms with van der Waals surface area (Å²) in [5, 5.41) is 13.7. The van der Waals surface area contributed by atoms with Crippen LogP contribution in [-0.2, 0) is 9.59 Å². The Balaban J connectivity index is 4.00. The van der Waals surface area contributed by atoms with Crippen LogP contribution in [0.2, 0.25) is 0 Å². The highest BCUT2D eigenvalue weighted by Gasteiger charge is 2.26. The van der Waals surface area contributed by atoms with Crippen LogP contribution in [0.1, 0.15) is 46.5 Å². The van der Waals surface area contributed by atoms with Gasteiger partial charge in [0.2, 0.25) is 5.91 Å². The lowest BCUT2D eigenvalue weighted by Crippen LogP contribution is -2.55. The molecule has 0 aromatic carbocycles. The van der Waals surface area contributed by atoms with Crippen LogP contribution >= 0.6 is 0 Å². The first-order chi connectivity index (χ1) is 9.19. The number of hydrogen-bond acceptors (Lipinski definition) is 3. The number of nitrogens with one attached hydrogen (secondary N) is 2. The van der Waals surface area contributed by atoms with Crippen molar-refractivity contribution in [2.45, 2.75) is 52.0 Å². The van der Waals surface area contributed by atoms with Gasteiger partial charge >= 0.3 is 12.0 Å². The molecule has 0 saturated carbocycles. The number of primary amides is 1. The van der Waals surface area contributed by atoms with Crippen molar-refractivity contribution in [1.82, 2.24) is 10.6 Å². The number of carboxylic acid groups (broad SMARTS) is 1. The average molecular weight is 287 g/mol. The van der Waals surface area contributed by atoms with Crippen LogP contribution < -0.4 is 16.4 Å². The van der Waals surface area contributed by atoms with Crippen LogP contribution in [0.25, 0.3) is 0 Å². The molecule has 0 heterocycles. The van der Waals surface area contributed by atoms with Gasteiger partial charge in [-0.2, -0.15) is 0 Å². The predicted octanol–water partition coefficient (Wildman–Crippen LogP) is 0.831. The van der Waals surface area contributed by atoms with Gasteiger partial charge in [0.15, 0.2) is 0 Å². The van der Waals surface area contributed by atoms with E-state index in [4.69, 9.17) is 10.8 Å². The largest absolute Gasteiger partial charge is 0.481 e. The van der Waals surface area contributed by atoms with Crippen molar-refractivity contribution in [2.75, 3.05) is 6.54 Å². The third kappa shape index (κ3) is 7.60. The molecule has 3 amide bonds. The Morgan fingerprint density at radius 1 is 1.25 bits per heavy atom. The third-order valence-electron chi connectivity index (χ3n) is 3.22. The lowest BCUT2D eigenvalue weighted by atomic mass is 9.97.